The Hall–Kier alpha value is -1.63. The maximum Gasteiger partial charge on any atom is 0.468 e. The van der Waals surface area contributed by atoms with Crippen LogP contribution in [0.4, 0.5) is 13.2 Å². The molecule has 0 saturated heterocycles. The Kier molecular flexibility index (Phi) is 1.97. The SMILES string of the molecule is Cc1nc2c(ccc3nc(C(F)(F)F)oc32)s1. The summed E-state index contributed by atoms with van der Waals surface area (Å²) in [7, 11) is 0. The topological polar surface area (TPSA) is 38.9 Å². The van der Waals surface area contributed by atoms with E-state index in [1.165, 1.54) is 17.4 Å². The molecule has 0 amide bonds. The molecule has 0 fully saturated rings. The minimum atomic E-state index is -4.57. The van der Waals surface area contributed by atoms with E-state index >= 15 is 0 Å². The predicted octanol–water partition coefficient (Wildman–Crippen LogP) is 3.76. The van der Waals surface area contributed by atoms with E-state index in [0.717, 1.165) is 9.71 Å². The average Bonchev–Trinajstić information content (AvgIpc) is 2.76. The molecule has 3 rings (SSSR count). The third-order valence-corrected chi connectivity index (χ3v) is 3.20. The number of fused-ring (bicyclic) bond motifs is 3. The second-order valence-corrected chi connectivity index (χ2v) is 4.74. The number of nitrogens with zero attached hydrogens (tertiary/aromatic N) is 2. The summed E-state index contributed by atoms with van der Waals surface area (Å²) in [5.41, 5.74) is 0.710. The van der Waals surface area contributed by atoms with E-state index in [9.17, 15) is 13.2 Å². The quantitative estimate of drug-likeness (QED) is 0.616. The van der Waals surface area contributed by atoms with Gasteiger partial charge in [-0.05, 0) is 19.1 Å². The number of rotatable bonds is 0. The first kappa shape index (κ1) is 10.5. The Labute approximate surface area is 96.9 Å². The molecule has 17 heavy (non-hydrogen) atoms. The number of alkyl halides is 3. The van der Waals surface area contributed by atoms with Crippen molar-refractivity contribution in [2.75, 3.05) is 0 Å². The van der Waals surface area contributed by atoms with Gasteiger partial charge in [-0.15, -0.1) is 11.3 Å². The van der Waals surface area contributed by atoms with Gasteiger partial charge >= 0.3 is 12.1 Å². The van der Waals surface area contributed by atoms with Crippen LogP contribution in [0.15, 0.2) is 16.5 Å². The molecule has 0 saturated carbocycles. The van der Waals surface area contributed by atoms with Crippen molar-refractivity contribution in [1.82, 2.24) is 9.97 Å². The molecule has 3 nitrogen and oxygen atoms in total. The van der Waals surface area contributed by atoms with Gasteiger partial charge in [0.1, 0.15) is 11.0 Å². The van der Waals surface area contributed by atoms with E-state index in [1.54, 1.807) is 13.0 Å². The first-order valence-corrected chi connectivity index (χ1v) is 5.51. The third-order valence-electron chi connectivity index (χ3n) is 2.26. The van der Waals surface area contributed by atoms with Crippen LogP contribution in [-0.2, 0) is 6.18 Å². The van der Waals surface area contributed by atoms with Gasteiger partial charge in [0.05, 0.1) is 9.71 Å². The zero-order valence-corrected chi connectivity index (χ0v) is 9.32. The summed E-state index contributed by atoms with van der Waals surface area (Å²) >= 11 is 1.40. The number of aryl methyl sites for hydroxylation is 1. The van der Waals surface area contributed by atoms with Crippen molar-refractivity contribution in [3.05, 3.63) is 23.0 Å². The summed E-state index contributed by atoms with van der Waals surface area (Å²) in [6, 6.07) is 3.21. The second kappa shape index (κ2) is 3.19. The van der Waals surface area contributed by atoms with Gasteiger partial charge in [0, 0.05) is 0 Å². The zero-order valence-electron chi connectivity index (χ0n) is 8.50. The molecule has 0 atom stereocenters. The minimum Gasteiger partial charge on any atom is -0.430 e. The van der Waals surface area contributed by atoms with Gasteiger partial charge in [-0.25, -0.2) is 9.97 Å². The number of oxazole rings is 1. The van der Waals surface area contributed by atoms with Crippen molar-refractivity contribution in [3.63, 3.8) is 0 Å². The lowest BCUT2D eigenvalue weighted by Crippen LogP contribution is -2.04. The molecule has 0 bridgehead atoms. The number of benzene rings is 1. The van der Waals surface area contributed by atoms with Crippen LogP contribution < -0.4 is 0 Å². The summed E-state index contributed by atoms with van der Waals surface area (Å²) in [5.74, 6) is -1.23. The van der Waals surface area contributed by atoms with Gasteiger partial charge in [0.15, 0.2) is 5.58 Å². The van der Waals surface area contributed by atoms with Crippen molar-refractivity contribution in [2.45, 2.75) is 13.1 Å². The molecule has 7 heteroatoms. The van der Waals surface area contributed by atoms with Crippen molar-refractivity contribution >= 4 is 32.7 Å². The molecule has 0 spiro atoms. The molecule has 0 N–H and O–H groups in total. The van der Waals surface area contributed by atoms with Gasteiger partial charge in [0.2, 0.25) is 0 Å². The van der Waals surface area contributed by atoms with Crippen molar-refractivity contribution in [2.24, 2.45) is 0 Å². The molecule has 88 valence electrons. The van der Waals surface area contributed by atoms with Crippen LogP contribution in [0.5, 0.6) is 0 Å². The summed E-state index contributed by atoms with van der Waals surface area (Å²) < 4.78 is 42.9. The molecule has 0 aliphatic rings. The Balaban J connectivity index is 2.38. The third kappa shape index (κ3) is 1.57. The highest BCUT2D eigenvalue weighted by Gasteiger charge is 2.37. The second-order valence-electron chi connectivity index (χ2n) is 3.51. The molecule has 2 aromatic heterocycles. The Morgan fingerprint density at radius 2 is 2.00 bits per heavy atom. The largest absolute Gasteiger partial charge is 0.468 e. The van der Waals surface area contributed by atoms with Gasteiger partial charge in [-0.2, -0.15) is 13.2 Å². The smallest absolute Gasteiger partial charge is 0.430 e. The van der Waals surface area contributed by atoms with E-state index in [1.807, 2.05) is 0 Å². The lowest BCUT2D eigenvalue weighted by Gasteiger charge is -1.97. The lowest BCUT2D eigenvalue weighted by atomic mass is 10.3. The standard InChI is InChI=1S/C10H5F3N2OS/c1-4-14-7-6(17-4)3-2-5-8(7)16-9(15-5)10(11,12)13/h2-3H,1H3. The molecular weight excluding hydrogens is 253 g/mol. The Morgan fingerprint density at radius 3 is 2.71 bits per heavy atom. The fourth-order valence-corrected chi connectivity index (χ4v) is 2.44. The molecule has 0 aliphatic carbocycles. The molecule has 2 heterocycles. The van der Waals surface area contributed by atoms with Gasteiger partial charge in [-0.3, -0.25) is 0 Å². The van der Waals surface area contributed by atoms with Crippen LogP contribution in [-0.4, -0.2) is 9.97 Å². The molecular formula is C10H5F3N2OS. The fraction of sp³-hybridized carbons (Fsp3) is 0.200. The predicted molar refractivity (Wildman–Crippen MR) is 56.9 cm³/mol. The Bertz CT molecular complexity index is 713. The summed E-state index contributed by atoms with van der Waals surface area (Å²) in [6.07, 6.45) is -4.57. The monoisotopic (exact) mass is 258 g/mol. The van der Waals surface area contributed by atoms with Crippen molar-refractivity contribution < 1.29 is 17.6 Å². The summed E-state index contributed by atoms with van der Waals surface area (Å²) in [6.45, 7) is 1.79. The van der Waals surface area contributed by atoms with Crippen LogP contribution in [0.2, 0.25) is 0 Å². The molecule has 0 unspecified atom stereocenters. The van der Waals surface area contributed by atoms with Crippen molar-refractivity contribution in [3.8, 4) is 0 Å². The summed E-state index contributed by atoms with van der Waals surface area (Å²) in [4.78, 5) is 7.57. The van der Waals surface area contributed by atoms with Crippen LogP contribution >= 0.6 is 11.3 Å². The number of thiazole rings is 1. The van der Waals surface area contributed by atoms with E-state index < -0.39 is 12.1 Å². The van der Waals surface area contributed by atoms with Gasteiger partial charge in [-0.1, -0.05) is 0 Å². The number of halogens is 3. The van der Waals surface area contributed by atoms with Crippen LogP contribution in [0.1, 0.15) is 10.9 Å². The highest BCUT2D eigenvalue weighted by atomic mass is 32.1. The van der Waals surface area contributed by atoms with Crippen LogP contribution in [0.3, 0.4) is 0 Å². The first-order valence-electron chi connectivity index (χ1n) is 4.69. The van der Waals surface area contributed by atoms with Gasteiger partial charge in [0.25, 0.3) is 0 Å². The number of hydrogen-bond donors (Lipinski definition) is 0. The molecule has 1 aromatic carbocycles. The fourth-order valence-electron chi connectivity index (χ4n) is 1.61. The minimum absolute atomic E-state index is 0.0965. The maximum atomic E-state index is 12.5. The van der Waals surface area contributed by atoms with Gasteiger partial charge < -0.3 is 4.42 Å². The zero-order chi connectivity index (χ0) is 12.2. The molecule has 0 radical (unpaired) electrons. The summed E-state index contributed by atoms with van der Waals surface area (Å²) in [5, 5.41) is 0.775. The van der Waals surface area contributed by atoms with E-state index in [-0.39, 0.29) is 11.1 Å². The first-order chi connectivity index (χ1) is 7.95. The van der Waals surface area contributed by atoms with Crippen LogP contribution in [0.25, 0.3) is 21.3 Å². The van der Waals surface area contributed by atoms with Crippen LogP contribution in [0, 0.1) is 6.92 Å². The number of hydrogen-bond acceptors (Lipinski definition) is 4. The maximum absolute atomic E-state index is 12.5. The molecule has 0 aliphatic heterocycles. The van der Waals surface area contributed by atoms with Crippen molar-refractivity contribution in [1.29, 1.82) is 0 Å². The van der Waals surface area contributed by atoms with E-state index in [0.29, 0.717) is 5.52 Å². The normalized spacial score (nSPS) is 12.7. The number of aromatic nitrogens is 2. The van der Waals surface area contributed by atoms with E-state index in [4.69, 9.17) is 4.42 Å². The Morgan fingerprint density at radius 1 is 1.24 bits per heavy atom. The highest BCUT2D eigenvalue weighted by molar-refractivity contribution is 7.18. The average molecular weight is 258 g/mol. The molecule has 3 aromatic rings. The lowest BCUT2D eigenvalue weighted by molar-refractivity contribution is -0.156. The van der Waals surface area contributed by atoms with E-state index in [2.05, 4.69) is 9.97 Å². The highest BCUT2D eigenvalue weighted by Crippen LogP contribution is 2.34.